The van der Waals surface area contributed by atoms with E-state index in [1.807, 2.05) is 11.3 Å². The number of ether oxygens (including phenoxy) is 1. The average molecular weight is 956 g/mol. The minimum atomic E-state index is -0.680. The zero-order valence-electron chi connectivity index (χ0n) is 42.0. The van der Waals surface area contributed by atoms with Crippen molar-refractivity contribution in [1.29, 1.82) is 0 Å². The number of hydrogen-bond acceptors (Lipinski definition) is 3. The monoisotopic (exact) mass is 955 g/mol. The maximum Gasteiger partial charge on any atom is 0.132 e. The summed E-state index contributed by atoms with van der Waals surface area (Å²) < 4.78 is 9.64. The van der Waals surface area contributed by atoms with E-state index in [1.54, 1.807) is 0 Å². The van der Waals surface area contributed by atoms with E-state index in [0.29, 0.717) is 0 Å². The highest BCUT2D eigenvalue weighted by molar-refractivity contribution is 7.26. The predicted octanol–water partition coefficient (Wildman–Crippen LogP) is 18.9. The van der Waals surface area contributed by atoms with Crippen LogP contribution in [0.3, 0.4) is 0 Å². The number of benzene rings is 10. The van der Waals surface area contributed by atoms with Crippen LogP contribution in [0.25, 0.3) is 53.6 Å². The molecule has 2 nitrogen and oxygen atoms in total. The fraction of sp³-hybridized carbons (Fsp3) is 0.143. The first-order valence-electron chi connectivity index (χ1n) is 25.8. The quantitative estimate of drug-likeness (QED) is 0.175. The van der Waals surface area contributed by atoms with Gasteiger partial charge in [0.15, 0.2) is 0 Å². The van der Waals surface area contributed by atoms with Crippen LogP contribution < -0.4 is 9.64 Å². The largest absolute Gasteiger partial charge is 0.457 e. The second-order valence-electron chi connectivity index (χ2n) is 22.7. The number of nitrogens with zero attached hydrogens (tertiary/aromatic N) is 1. The standard InChI is InChI=1S/C70H53NOS/c1-67(2,3)42-30-36-62-59(38-42)70(60-39-43(68(4,5)6)31-37-63(60)72-62)56-26-15-10-21-49(56)51-35-33-45(41-58(51)70)71(61-27-17-29-65-66(61)52-22-11-16-28-64(52)73-65)44-32-34-50-48-20-9-14-25-55(48)69(57(50)40-44)53-23-12-7-18-46(53)47-19-8-13-24-54(47)69/h7-41H,1-6H3. The molecule has 3 heteroatoms. The van der Waals surface area contributed by atoms with Crippen molar-refractivity contribution in [2.45, 2.75) is 63.2 Å². The van der Waals surface area contributed by atoms with Crippen molar-refractivity contribution in [2.24, 2.45) is 0 Å². The third kappa shape index (κ3) is 5.64. The smallest absolute Gasteiger partial charge is 0.132 e. The molecule has 1 aliphatic heterocycles. The van der Waals surface area contributed by atoms with Gasteiger partial charge in [0, 0.05) is 42.7 Å². The van der Waals surface area contributed by atoms with Gasteiger partial charge in [-0.15, -0.1) is 11.3 Å². The van der Waals surface area contributed by atoms with Crippen LogP contribution >= 0.6 is 11.3 Å². The summed E-state index contributed by atoms with van der Waals surface area (Å²) in [6.45, 7) is 13.9. The van der Waals surface area contributed by atoms with Crippen molar-refractivity contribution in [1.82, 2.24) is 0 Å². The molecule has 0 atom stereocenters. The zero-order chi connectivity index (χ0) is 49.2. The molecule has 11 aromatic rings. The van der Waals surface area contributed by atoms with E-state index in [0.717, 1.165) is 28.6 Å². The van der Waals surface area contributed by atoms with Crippen LogP contribution in [0.2, 0.25) is 0 Å². The lowest BCUT2D eigenvalue weighted by Gasteiger charge is -2.41. The summed E-state index contributed by atoms with van der Waals surface area (Å²) in [4.78, 5) is 2.58. The molecule has 10 aromatic carbocycles. The van der Waals surface area contributed by atoms with Crippen molar-refractivity contribution >= 4 is 48.6 Å². The first-order chi connectivity index (χ1) is 35.5. The van der Waals surface area contributed by atoms with Crippen LogP contribution in [-0.2, 0) is 21.7 Å². The van der Waals surface area contributed by atoms with E-state index in [4.69, 9.17) is 4.74 Å². The molecular weight excluding hydrogens is 903 g/mol. The van der Waals surface area contributed by atoms with Crippen molar-refractivity contribution in [3.8, 4) is 44.9 Å². The second-order valence-corrected chi connectivity index (χ2v) is 23.8. The molecule has 4 aliphatic rings. The van der Waals surface area contributed by atoms with Gasteiger partial charge < -0.3 is 9.64 Å². The Morgan fingerprint density at radius 3 is 1.25 bits per heavy atom. The van der Waals surface area contributed by atoms with Gasteiger partial charge in [-0.25, -0.2) is 0 Å². The highest BCUT2D eigenvalue weighted by Crippen LogP contribution is 2.66. The molecule has 3 aliphatic carbocycles. The fourth-order valence-corrected chi connectivity index (χ4v) is 14.7. The SMILES string of the molecule is CC(C)(C)c1ccc2c(c1)C1(c3cc(C(C)(C)C)ccc3O2)c2ccccc2-c2ccc(N(c3ccc4c(c3)C3(c5ccccc5-c5ccccc53)c3ccccc3-4)c3cccc4sc5ccccc5c34)cc21. The summed E-state index contributed by atoms with van der Waals surface area (Å²) >= 11 is 1.87. The van der Waals surface area contributed by atoms with Gasteiger partial charge in [-0.05, 0) is 155 Å². The van der Waals surface area contributed by atoms with E-state index in [9.17, 15) is 0 Å². The van der Waals surface area contributed by atoms with E-state index in [1.165, 1.54) is 109 Å². The minimum absolute atomic E-state index is 0.0870. The normalized spacial score (nSPS) is 14.8. The summed E-state index contributed by atoms with van der Waals surface area (Å²) in [7, 11) is 0. The Morgan fingerprint density at radius 1 is 0.356 bits per heavy atom. The average Bonchev–Trinajstić information content (AvgIpc) is 4.13. The maximum atomic E-state index is 7.08. The predicted molar refractivity (Wildman–Crippen MR) is 305 cm³/mol. The van der Waals surface area contributed by atoms with Gasteiger partial charge in [-0.2, -0.15) is 0 Å². The molecule has 350 valence electrons. The Hall–Kier alpha value is -7.98. The summed E-state index contributed by atoms with van der Waals surface area (Å²) in [6, 6.07) is 81.0. The first kappa shape index (κ1) is 42.7. The molecule has 1 aromatic heterocycles. The van der Waals surface area contributed by atoms with Crippen molar-refractivity contribution in [3.05, 3.63) is 268 Å². The molecule has 73 heavy (non-hydrogen) atoms. The van der Waals surface area contributed by atoms with Crippen molar-refractivity contribution < 1.29 is 4.74 Å². The molecule has 0 saturated carbocycles. The molecule has 0 N–H and O–H groups in total. The van der Waals surface area contributed by atoms with E-state index in [-0.39, 0.29) is 10.8 Å². The number of anilines is 3. The highest BCUT2D eigenvalue weighted by atomic mass is 32.1. The van der Waals surface area contributed by atoms with Gasteiger partial charge in [0.25, 0.3) is 0 Å². The number of hydrogen-bond donors (Lipinski definition) is 0. The number of fused-ring (bicyclic) bond motifs is 22. The van der Waals surface area contributed by atoms with Gasteiger partial charge in [0.05, 0.1) is 16.5 Å². The Labute approximate surface area is 431 Å². The van der Waals surface area contributed by atoms with Crippen molar-refractivity contribution in [2.75, 3.05) is 4.90 Å². The lowest BCUT2D eigenvalue weighted by atomic mass is 9.64. The van der Waals surface area contributed by atoms with Gasteiger partial charge in [-0.3, -0.25) is 0 Å². The van der Waals surface area contributed by atoms with Crippen LogP contribution in [0.5, 0.6) is 11.5 Å². The molecular formula is C70H53NOS. The van der Waals surface area contributed by atoms with Crippen LogP contribution in [0.15, 0.2) is 212 Å². The maximum absolute atomic E-state index is 7.08. The van der Waals surface area contributed by atoms with Crippen LogP contribution in [0, 0.1) is 0 Å². The van der Waals surface area contributed by atoms with Crippen molar-refractivity contribution in [3.63, 3.8) is 0 Å². The van der Waals surface area contributed by atoms with E-state index in [2.05, 4.69) is 259 Å². The van der Waals surface area contributed by atoms with Gasteiger partial charge in [0.1, 0.15) is 11.5 Å². The van der Waals surface area contributed by atoms with Gasteiger partial charge >= 0.3 is 0 Å². The fourth-order valence-electron chi connectivity index (χ4n) is 13.6. The van der Waals surface area contributed by atoms with Crippen LogP contribution in [-0.4, -0.2) is 0 Å². The molecule has 0 amide bonds. The summed E-state index contributed by atoms with van der Waals surface area (Å²) in [5, 5.41) is 2.54. The number of rotatable bonds is 3. The minimum Gasteiger partial charge on any atom is -0.457 e. The van der Waals surface area contributed by atoms with Crippen LogP contribution in [0.1, 0.15) is 97.2 Å². The first-order valence-corrected chi connectivity index (χ1v) is 26.6. The molecule has 0 fully saturated rings. The molecule has 0 unspecified atom stereocenters. The lowest BCUT2D eigenvalue weighted by molar-refractivity contribution is 0.433. The number of thiophene rings is 1. The summed E-state index contributed by atoms with van der Waals surface area (Å²) in [6.07, 6.45) is 0. The Balaban J connectivity index is 1.05. The third-order valence-electron chi connectivity index (χ3n) is 16.9. The molecule has 2 spiro atoms. The summed E-state index contributed by atoms with van der Waals surface area (Å²) in [5.41, 5.74) is 22.6. The van der Waals surface area contributed by atoms with Gasteiger partial charge in [0.2, 0.25) is 0 Å². The molecule has 15 rings (SSSR count). The molecule has 2 heterocycles. The van der Waals surface area contributed by atoms with Crippen LogP contribution in [0.4, 0.5) is 17.1 Å². The molecule has 0 radical (unpaired) electrons. The lowest BCUT2D eigenvalue weighted by Crippen LogP contribution is -2.33. The van der Waals surface area contributed by atoms with Gasteiger partial charge in [-0.1, -0.05) is 187 Å². The van der Waals surface area contributed by atoms with E-state index >= 15 is 0 Å². The third-order valence-corrected chi connectivity index (χ3v) is 18.0. The highest BCUT2D eigenvalue weighted by Gasteiger charge is 2.54. The topological polar surface area (TPSA) is 12.5 Å². The Kier molecular flexibility index (Phi) is 8.66. The summed E-state index contributed by atoms with van der Waals surface area (Å²) in [5.74, 6) is 1.81. The Morgan fingerprint density at radius 2 is 0.767 bits per heavy atom. The Bertz CT molecular complexity index is 4050. The molecule has 0 saturated heterocycles. The second kappa shape index (κ2) is 14.8. The van der Waals surface area contributed by atoms with E-state index < -0.39 is 10.8 Å². The molecule has 0 bridgehead atoms. The zero-order valence-corrected chi connectivity index (χ0v) is 42.8.